The molecule has 2 heterocycles. The maximum absolute atomic E-state index is 11.7. The summed E-state index contributed by atoms with van der Waals surface area (Å²) in [5.41, 5.74) is 1.06. The third kappa shape index (κ3) is 4.49. The van der Waals surface area contributed by atoms with Crippen LogP contribution in [0.4, 0.5) is 0 Å². The smallest absolute Gasteiger partial charge is 0.220 e. The summed E-state index contributed by atoms with van der Waals surface area (Å²) in [6.07, 6.45) is 8.42. The van der Waals surface area contributed by atoms with Crippen LogP contribution >= 0.6 is 0 Å². The molecule has 100 valence electrons. The minimum atomic E-state index is 0.167. The van der Waals surface area contributed by atoms with Crippen molar-refractivity contribution in [2.24, 2.45) is 5.92 Å². The van der Waals surface area contributed by atoms with Crippen LogP contribution in [-0.2, 0) is 11.2 Å². The molecule has 1 fully saturated rings. The SMILES string of the molecule is O=C(CCC1CCCNC1)NCCc1cnc[nH]1. The van der Waals surface area contributed by atoms with Crippen molar-refractivity contribution in [1.82, 2.24) is 20.6 Å². The average Bonchev–Trinajstić information content (AvgIpc) is 2.91. The minimum absolute atomic E-state index is 0.167. The van der Waals surface area contributed by atoms with E-state index in [2.05, 4.69) is 20.6 Å². The van der Waals surface area contributed by atoms with E-state index in [0.717, 1.165) is 31.6 Å². The number of piperidine rings is 1. The number of hydrogen-bond donors (Lipinski definition) is 3. The van der Waals surface area contributed by atoms with Crippen molar-refractivity contribution in [2.45, 2.75) is 32.1 Å². The van der Waals surface area contributed by atoms with Crippen LogP contribution in [0, 0.1) is 5.92 Å². The van der Waals surface area contributed by atoms with Crippen molar-refractivity contribution in [3.05, 3.63) is 18.2 Å². The number of nitrogens with zero attached hydrogens (tertiary/aromatic N) is 1. The number of imidazole rings is 1. The van der Waals surface area contributed by atoms with Crippen LogP contribution in [0.15, 0.2) is 12.5 Å². The lowest BCUT2D eigenvalue weighted by molar-refractivity contribution is -0.121. The zero-order valence-corrected chi connectivity index (χ0v) is 10.7. The number of nitrogens with one attached hydrogen (secondary N) is 3. The number of carbonyl (C=O) groups is 1. The second kappa shape index (κ2) is 7.16. The number of H-pyrrole nitrogens is 1. The summed E-state index contributed by atoms with van der Waals surface area (Å²) >= 11 is 0. The molecule has 0 radical (unpaired) electrons. The molecule has 1 aliphatic rings. The Labute approximate surface area is 108 Å². The molecule has 2 rings (SSSR count). The Bertz CT molecular complexity index is 344. The first-order chi connectivity index (χ1) is 8.84. The molecule has 0 saturated carbocycles. The van der Waals surface area contributed by atoms with Gasteiger partial charge in [-0.2, -0.15) is 0 Å². The topological polar surface area (TPSA) is 69.8 Å². The molecule has 5 nitrogen and oxygen atoms in total. The average molecular weight is 250 g/mol. The van der Waals surface area contributed by atoms with Crippen molar-refractivity contribution in [1.29, 1.82) is 0 Å². The fourth-order valence-electron chi connectivity index (χ4n) is 2.35. The summed E-state index contributed by atoms with van der Waals surface area (Å²) < 4.78 is 0. The lowest BCUT2D eigenvalue weighted by Gasteiger charge is -2.22. The summed E-state index contributed by atoms with van der Waals surface area (Å²) in [5, 5.41) is 6.33. The number of hydrogen-bond acceptors (Lipinski definition) is 3. The Morgan fingerprint density at radius 3 is 3.22 bits per heavy atom. The molecular formula is C13H22N4O. The van der Waals surface area contributed by atoms with Crippen molar-refractivity contribution in [3.8, 4) is 0 Å². The number of aromatic nitrogens is 2. The lowest BCUT2D eigenvalue weighted by atomic mass is 9.94. The summed E-state index contributed by atoms with van der Waals surface area (Å²) in [7, 11) is 0. The Kier molecular flexibility index (Phi) is 5.20. The highest BCUT2D eigenvalue weighted by atomic mass is 16.1. The van der Waals surface area contributed by atoms with Gasteiger partial charge in [0.1, 0.15) is 0 Å². The van der Waals surface area contributed by atoms with Gasteiger partial charge in [-0.1, -0.05) is 0 Å². The highest BCUT2D eigenvalue weighted by Gasteiger charge is 2.14. The minimum Gasteiger partial charge on any atom is -0.356 e. The zero-order chi connectivity index (χ0) is 12.6. The molecule has 3 N–H and O–H groups in total. The molecule has 1 aliphatic heterocycles. The van der Waals surface area contributed by atoms with Crippen molar-refractivity contribution in [3.63, 3.8) is 0 Å². The van der Waals surface area contributed by atoms with Gasteiger partial charge in [0.15, 0.2) is 0 Å². The summed E-state index contributed by atoms with van der Waals surface area (Å²) in [5.74, 6) is 0.845. The van der Waals surface area contributed by atoms with E-state index < -0.39 is 0 Å². The summed E-state index contributed by atoms with van der Waals surface area (Å²) in [4.78, 5) is 18.6. The fourth-order valence-corrected chi connectivity index (χ4v) is 2.35. The van der Waals surface area contributed by atoms with E-state index in [1.807, 2.05) is 0 Å². The van der Waals surface area contributed by atoms with Crippen LogP contribution in [0.1, 0.15) is 31.4 Å². The second-order valence-electron chi connectivity index (χ2n) is 4.93. The van der Waals surface area contributed by atoms with Gasteiger partial charge in [-0.05, 0) is 38.3 Å². The summed E-state index contributed by atoms with van der Waals surface area (Å²) in [6, 6.07) is 0. The van der Waals surface area contributed by atoms with E-state index in [1.165, 1.54) is 12.8 Å². The van der Waals surface area contributed by atoms with Crippen LogP contribution < -0.4 is 10.6 Å². The third-order valence-electron chi connectivity index (χ3n) is 3.45. The number of aromatic amines is 1. The molecule has 5 heteroatoms. The van der Waals surface area contributed by atoms with Crippen molar-refractivity contribution < 1.29 is 4.79 Å². The standard InChI is InChI=1S/C13H22N4O/c18-13(4-3-11-2-1-6-14-8-11)16-7-5-12-9-15-10-17-12/h9-11,14H,1-8H2,(H,15,17)(H,16,18). The van der Waals surface area contributed by atoms with E-state index in [-0.39, 0.29) is 5.91 Å². The molecular weight excluding hydrogens is 228 g/mol. The van der Waals surface area contributed by atoms with Crippen LogP contribution in [0.25, 0.3) is 0 Å². The molecule has 1 amide bonds. The van der Waals surface area contributed by atoms with Gasteiger partial charge in [0, 0.05) is 31.3 Å². The van der Waals surface area contributed by atoms with Crippen LogP contribution in [0.3, 0.4) is 0 Å². The van der Waals surface area contributed by atoms with Crippen LogP contribution in [-0.4, -0.2) is 35.5 Å². The third-order valence-corrected chi connectivity index (χ3v) is 3.45. The van der Waals surface area contributed by atoms with Crippen LogP contribution in [0.5, 0.6) is 0 Å². The second-order valence-corrected chi connectivity index (χ2v) is 4.93. The van der Waals surface area contributed by atoms with Crippen LogP contribution in [0.2, 0.25) is 0 Å². The van der Waals surface area contributed by atoms with E-state index >= 15 is 0 Å². The van der Waals surface area contributed by atoms with Crippen molar-refractivity contribution >= 4 is 5.91 Å². The normalized spacial score (nSPS) is 19.7. The molecule has 0 aromatic carbocycles. The molecule has 1 aromatic heterocycles. The Hall–Kier alpha value is -1.36. The monoisotopic (exact) mass is 250 g/mol. The van der Waals surface area contributed by atoms with Gasteiger partial charge in [-0.3, -0.25) is 4.79 Å². The van der Waals surface area contributed by atoms with Gasteiger partial charge in [0.25, 0.3) is 0 Å². The predicted molar refractivity (Wildman–Crippen MR) is 70.1 cm³/mol. The van der Waals surface area contributed by atoms with Gasteiger partial charge in [0.05, 0.1) is 6.33 Å². The van der Waals surface area contributed by atoms with E-state index in [0.29, 0.717) is 18.9 Å². The molecule has 18 heavy (non-hydrogen) atoms. The number of rotatable bonds is 6. The molecule has 1 atom stereocenters. The van der Waals surface area contributed by atoms with Crippen molar-refractivity contribution in [2.75, 3.05) is 19.6 Å². The Morgan fingerprint density at radius 1 is 1.56 bits per heavy atom. The van der Waals surface area contributed by atoms with Gasteiger partial charge in [-0.25, -0.2) is 4.98 Å². The molecule has 0 aliphatic carbocycles. The number of carbonyl (C=O) groups excluding carboxylic acids is 1. The van der Waals surface area contributed by atoms with E-state index in [4.69, 9.17) is 0 Å². The van der Waals surface area contributed by atoms with Gasteiger partial charge < -0.3 is 15.6 Å². The maximum atomic E-state index is 11.7. The first kappa shape index (κ1) is 13.1. The van der Waals surface area contributed by atoms with E-state index in [9.17, 15) is 4.79 Å². The molecule has 1 saturated heterocycles. The van der Waals surface area contributed by atoms with Gasteiger partial charge in [0.2, 0.25) is 5.91 Å². The highest BCUT2D eigenvalue weighted by molar-refractivity contribution is 5.75. The first-order valence-electron chi connectivity index (χ1n) is 6.79. The highest BCUT2D eigenvalue weighted by Crippen LogP contribution is 2.15. The Balaban J connectivity index is 1.54. The van der Waals surface area contributed by atoms with E-state index in [1.54, 1.807) is 12.5 Å². The number of amides is 1. The fraction of sp³-hybridized carbons (Fsp3) is 0.692. The zero-order valence-electron chi connectivity index (χ0n) is 10.7. The first-order valence-corrected chi connectivity index (χ1v) is 6.79. The molecule has 0 spiro atoms. The Morgan fingerprint density at radius 2 is 2.50 bits per heavy atom. The quantitative estimate of drug-likeness (QED) is 0.701. The van der Waals surface area contributed by atoms with Gasteiger partial charge in [-0.15, -0.1) is 0 Å². The predicted octanol–water partition coefficient (Wildman–Crippen LogP) is 0.848. The largest absolute Gasteiger partial charge is 0.356 e. The maximum Gasteiger partial charge on any atom is 0.220 e. The molecule has 1 aromatic rings. The van der Waals surface area contributed by atoms with Gasteiger partial charge >= 0.3 is 0 Å². The molecule has 1 unspecified atom stereocenters. The summed E-state index contributed by atoms with van der Waals surface area (Å²) in [6.45, 7) is 2.89. The molecule has 0 bridgehead atoms. The lowest BCUT2D eigenvalue weighted by Crippen LogP contribution is -2.31.